The molecule has 0 radical (unpaired) electrons. The van der Waals surface area contributed by atoms with E-state index in [2.05, 4.69) is 32.4 Å². The van der Waals surface area contributed by atoms with Gasteiger partial charge < -0.3 is 15.1 Å². The molecule has 3 aromatic rings. The van der Waals surface area contributed by atoms with Crippen LogP contribution in [-0.2, 0) is 13.1 Å². The van der Waals surface area contributed by atoms with Crippen molar-refractivity contribution in [2.24, 2.45) is 0 Å². The average Bonchev–Trinajstić information content (AvgIpc) is 3.24. The molecule has 112 valence electrons. The van der Waals surface area contributed by atoms with E-state index in [0.29, 0.717) is 18.2 Å². The Hall–Kier alpha value is -2.25. The highest BCUT2D eigenvalue weighted by Crippen LogP contribution is 2.17. The van der Waals surface area contributed by atoms with Crippen molar-refractivity contribution in [1.82, 2.24) is 20.2 Å². The Kier molecular flexibility index (Phi) is 4.77. The standard InChI is InChI=1S/C15H14N4OS2/c21-15(17-9-13-2-1-7-20-13)16-8-11-3-5-12(6-4-11)14-10-22-19-18-14/h1-7,10H,8-9H2,(H2,16,17,21). The van der Waals surface area contributed by atoms with Crippen LogP contribution in [0, 0.1) is 0 Å². The fourth-order valence-corrected chi connectivity index (χ4v) is 2.52. The second-order valence-electron chi connectivity index (χ2n) is 4.60. The zero-order chi connectivity index (χ0) is 15.2. The maximum atomic E-state index is 5.24. The number of hydrogen-bond donors (Lipinski definition) is 2. The monoisotopic (exact) mass is 330 g/mol. The van der Waals surface area contributed by atoms with E-state index in [1.807, 2.05) is 29.6 Å². The minimum Gasteiger partial charge on any atom is -0.467 e. The topological polar surface area (TPSA) is 63.0 Å². The summed E-state index contributed by atoms with van der Waals surface area (Å²) in [6.45, 7) is 1.24. The van der Waals surface area contributed by atoms with Gasteiger partial charge in [-0.2, -0.15) is 0 Å². The van der Waals surface area contributed by atoms with Gasteiger partial charge in [-0.3, -0.25) is 0 Å². The van der Waals surface area contributed by atoms with Gasteiger partial charge in [0, 0.05) is 17.5 Å². The maximum absolute atomic E-state index is 5.24. The zero-order valence-corrected chi connectivity index (χ0v) is 13.3. The number of thiocarbonyl (C=S) groups is 1. The fraction of sp³-hybridized carbons (Fsp3) is 0.133. The lowest BCUT2D eigenvalue weighted by molar-refractivity contribution is 0.502. The Labute approximate surface area is 137 Å². The molecule has 0 unspecified atom stereocenters. The number of benzene rings is 1. The summed E-state index contributed by atoms with van der Waals surface area (Å²) in [6, 6.07) is 11.9. The summed E-state index contributed by atoms with van der Waals surface area (Å²) >= 11 is 6.59. The highest BCUT2D eigenvalue weighted by atomic mass is 32.1. The third-order valence-corrected chi connectivity index (χ3v) is 3.86. The van der Waals surface area contributed by atoms with Crippen LogP contribution in [-0.4, -0.2) is 14.7 Å². The molecule has 0 bridgehead atoms. The molecule has 0 fully saturated rings. The predicted octanol–water partition coefficient (Wildman–Crippen LogP) is 2.96. The quantitative estimate of drug-likeness (QED) is 0.701. The predicted molar refractivity (Wildman–Crippen MR) is 90.3 cm³/mol. The number of nitrogens with one attached hydrogen (secondary N) is 2. The van der Waals surface area contributed by atoms with Gasteiger partial charge in [-0.25, -0.2) is 0 Å². The van der Waals surface area contributed by atoms with E-state index >= 15 is 0 Å². The Morgan fingerprint density at radius 2 is 1.95 bits per heavy atom. The van der Waals surface area contributed by atoms with Crippen LogP contribution in [0.4, 0.5) is 0 Å². The van der Waals surface area contributed by atoms with Gasteiger partial charge >= 0.3 is 0 Å². The smallest absolute Gasteiger partial charge is 0.166 e. The molecule has 1 aromatic carbocycles. The Morgan fingerprint density at radius 1 is 1.14 bits per heavy atom. The molecule has 0 aliphatic rings. The van der Waals surface area contributed by atoms with Gasteiger partial charge in [0.25, 0.3) is 0 Å². The normalized spacial score (nSPS) is 10.4. The third kappa shape index (κ3) is 3.90. The molecule has 5 nitrogen and oxygen atoms in total. The molecule has 0 amide bonds. The minimum atomic E-state index is 0.578. The molecule has 2 N–H and O–H groups in total. The minimum absolute atomic E-state index is 0.578. The van der Waals surface area contributed by atoms with Crippen molar-refractivity contribution in [3.8, 4) is 11.3 Å². The number of furan rings is 1. The van der Waals surface area contributed by atoms with Crippen LogP contribution in [0.15, 0.2) is 52.5 Å². The lowest BCUT2D eigenvalue weighted by Gasteiger charge is -2.09. The van der Waals surface area contributed by atoms with E-state index in [4.69, 9.17) is 16.6 Å². The molecule has 0 atom stereocenters. The summed E-state index contributed by atoms with van der Waals surface area (Å²) in [5.41, 5.74) is 3.12. The first kappa shape index (κ1) is 14.7. The molecule has 0 spiro atoms. The second kappa shape index (κ2) is 7.15. The van der Waals surface area contributed by atoms with Crippen molar-refractivity contribution in [2.45, 2.75) is 13.1 Å². The van der Waals surface area contributed by atoms with Gasteiger partial charge in [0.05, 0.1) is 12.8 Å². The molecule has 2 heterocycles. The summed E-state index contributed by atoms with van der Waals surface area (Å²) < 4.78 is 9.10. The van der Waals surface area contributed by atoms with Gasteiger partial charge in [0.2, 0.25) is 0 Å². The van der Waals surface area contributed by atoms with Gasteiger partial charge in [0.1, 0.15) is 11.5 Å². The van der Waals surface area contributed by atoms with Crippen molar-refractivity contribution < 1.29 is 4.42 Å². The van der Waals surface area contributed by atoms with Crippen LogP contribution >= 0.6 is 23.8 Å². The van der Waals surface area contributed by atoms with Crippen molar-refractivity contribution in [2.75, 3.05) is 0 Å². The number of rotatable bonds is 5. The molecule has 0 saturated carbocycles. The van der Waals surface area contributed by atoms with Crippen LogP contribution in [0.25, 0.3) is 11.3 Å². The van der Waals surface area contributed by atoms with E-state index in [9.17, 15) is 0 Å². The van der Waals surface area contributed by atoms with Gasteiger partial charge in [-0.15, -0.1) is 5.10 Å². The van der Waals surface area contributed by atoms with Crippen LogP contribution in [0.2, 0.25) is 0 Å². The molecule has 7 heteroatoms. The SMILES string of the molecule is S=C(NCc1ccc(-c2csnn2)cc1)NCc1ccco1. The summed E-state index contributed by atoms with van der Waals surface area (Å²) in [4.78, 5) is 0. The van der Waals surface area contributed by atoms with E-state index in [1.165, 1.54) is 11.5 Å². The highest BCUT2D eigenvalue weighted by molar-refractivity contribution is 7.80. The first-order valence-electron chi connectivity index (χ1n) is 6.72. The molecule has 2 aromatic heterocycles. The Bertz CT molecular complexity index is 709. The van der Waals surface area contributed by atoms with Crippen LogP contribution in [0.5, 0.6) is 0 Å². The Balaban J connectivity index is 1.48. The largest absolute Gasteiger partial charge is 0.467 e. The second-order valence-corrected chi connectivity index (χ2v) is 5.62. The third-order valence-electron chi connectivity index (χ3n) is 3.07. The van der Waals surface area contributed by atoms with E-state index in [0.717, 1.165) is 22.6 Å². The highest BCUT2D eigenvalue weighted by Gasteiger charge is 2.02. The lowest BCUT2D eigenvalue weighted by atomic mass is 10.1. The van der Waals surface area contributed by atoms with Gasteiger partial charge in [-0.05, 0) is 41.4 Å². The first-order valence-corrected chi connectivity index (χ1v) is 7.96. The van der Waals surface area contributed by atoms with Crippen LogP contribution in [0.1, 0.15) is 11.3 Å². The molecular weight excluding hydrogens is 316 g/mol. The van der Waals surface area contributed by atoms with Crippen molar-refractivity contribution in [3.05, 3.63) is 59.4 Å². The fourth-order valence-electron chi connectivity index (χ4n) is 1.91. The maximum Gasteiger partial charge on any atom is 0.166 e. The zero-order valence-electron chi connectivity index (χ0n) is 11.7. The summed E-state index contributed by atoms with van der Waals surface area (Å²) in [7, 11) is 0. The van der Waals surface area contributed by atoms with E-state index in [-0.39, 0.29) is 0 Å². The van der Waals surface area contributed by atoms with Crippen molar-refractivity contribution >= 4 is 28.9 Å². The van der Waals surface area contributed by atoms with Crippen molar-refractivity contribution in [3.63, 3.8) is 0 Å². The lowest BCUT2D eigenvalue weighted by Crippen LogP contribution is -2.34. The van der Waals surface area contributed by atoms with E-state index < -0.39 is 0 Å². The van der Waals surface area contributed by atoms with Crippen LogP contribution in [0.3, 0.4) is 0 Å². The molecular formula is C15H14N4OS2. The number of aromatic nitrogens is 2. The van der Waals surface area contributed by atoms with E-state index in [1.54, 1.807) is 6.26 Å². The molecule has 0 aliphatic heterocycles. The van der Waals surface area contributed by atoms with Crippen LogP contribution < -0.4 is 10.6 Å². The molecule has 22 heavy (non-hydrogen) atoms. The summed E-state index contributed by atoms with van der Waals surface area (Å²) in [6.07, 6.45) is 1.65. The number of nitrogens with zero attached hydrogens (tertiary/aromatic N) is 2. The van der Waals surface area contributed by atoms with Gasteiger partial charge in [-0.1, -0.05) is 28.8 Å². The molecule has 0 aliphatic carbocycles. The summed E-state index contributed by atoms with van der Waals surface area (Å²) in [5.74, 6) is 0.852. The first-order chi connectivity index (χ1) is 10.8. The average molecular weight is 330 g/mol. The Morgan fingerprint density at radius 3 is 2.64 bits per heavy atom. The molecule has 0 saturated heterocycles. The van der Waals surface area contributed by atoms with Gasteiger partial charge in [0.15, 0.2) is 5.11 Å². The summed E-state index contributed by atoms with van der Waals surface area (Å²) in [5, 5.41) is 12.9. The van der Waals surface area contributed by atoms with Crippen molar-refractivity contribution in [1.29, 1.82) is 0 Å². The molecule has 3 rings (SSSR count). The number of hydrogen-bond acceptors (Lipinski definition) is 5.